The number of hydrogen-bond acceptors (Lipinski definition) is 2. The molecule has 1 aliphatic rings. The molecule has 0 aromatic heterocycles. The molecule has 0 bridgehead atoms. The number of nitrogens with two attached hydrogens (primary N) is 1. The molecule has 0 aromatic rings. The Bertz CT molecular complexity index is 97.8. The van der Waals surface area contributed by atoms with E-state index in [2.05, 4.69) is 6.92 Å². The van der Waals surface area contributed by atoms with Crippen LogP contribution in [-0.2, 0) is 0 Å². The van der Waals surface area contributed by atoms with Crippen molar-refractivity contribution in [3.8, 4) is 0 Å². The quantitative estimate of drug-likeness (QED) is 0.588. The molecule has 60 valence electrons. The lowest BCUT2D eigenvalue weighted by Gasteiger charge is -2.29. The molecule has 1 fully saturated rings. The van der Waals surface area contributed by atoms with Crippen molar-refractivity contribution in [1.82, 2.24) is 4.42 Å². The van der Waals surface area contributed by atoms with Gasteiger partial charge in [0.25, 0.3) is 0 Å². The summed E-state index contributed by atoms with van der Waals surface area (Å²) in [6.07, 6.45) is 2.31. The van der Waals surface area contributed by atoms with E-state index in [9.17, 15) is 0 Å². The highest BCUT2D eigenvalue weighted by molar-refractivity contribution is 6.13. The van der Waals surface area contributed by atoms with E-state index in [0.29, 0.717) is 12.0 Å². The molecule has 2 N–H and O–H groups in total. The lowest BCUT2D eigenvalue weighted by atomic mass is 9.92. The topological polar surface area (TPSA) is 29.3 Å². The monoisotopic (exact) mass is 162 g/mol. The second-order valence-corrected chi connectivity index (χ2v) is 3.58. The summed E-state index contributed by atoms with van der Waals surface area (Å²) in [5, 5.41) is 0. The second kappa shape index (κ2) is 3.56. The summed E-state index contributed by atoms with van der Waals surface area (Å²) in [5.41, 5.74) is 5.75. The fourth-order valence-electron chi connectivity index (χ4n) is 1.39. The smallest absolute Gasteiger partial charge is 0.0142 e. The Morgan fingerprint density at radius 1 is 1.50 bits per heavy atom. The highest BCUT2D eigenvalue weighted by Crippen LogP contribution is 2.20. The van der Waals surface area contributed by atoms with Gasteiger partial charge in [-0.2, -0.15) is 0 Å². The maximum absolute atomic E-state index is 5.78. The molecular weight excluding hydrogens is 148 g/mol. The molecule has 3 heteroatoms. The zero-order chi connectivity index (χ0) is 7.56. The van der Waals surface area contributed by atoms with Gasteiger partial charge in [-0.25, -0.2) is 4.42 Å². The van der Waals surface area contributed by atoms with Crippen molar-refractivity contribution in [2.24, 2.45) is 11.7 Å². The van der Waals surface area contributed by atoms with Crippen molar-refractivity contribution in [2.45, 2.75) is 25.8 Å². The molecule has 0 aromatic carbocycles. The summed E-state index contributed by atoms with van der Waals surface area (Å²) < 4.78 is 1.85. The first-order chi connectivity index (χ1) is 4.70. The van der Waals surface area contributed by atoms with Gasteiger partial charge in [0.15, 0.2) is 0 Å². The Hall–Kier alpha value is 0.210. The van der Waals surface area contributed by atoms with Crippen LogP contribution < -0.4 is 5.73 Å². The fourth-order valence-corrected chi connectivity index (χ4v) is 1.59. The van der Waals surface area contributed by atoms with Crippen LogP contribution in [0, 0.1) is 5.92 Å². The van der Waals surface area contributed by atoms with Crippen LogP contribution in [-0.4, -0.2) is 23.6 Å². The van der Waals surface area contributed by atoms with E-state index < -0.39 is 0 Å². The van der Waals surface area contributed by atoms with Gasteiger partial charge in [-0.05, 0) is 37.5 Å². The molecule has 1 rings (SSSR count). The van der Waals surface area contributed by atoms with Crippen LogP contribution in [0.15, 0.2) is 0 Å². The van der Waals surface area contributed by atoms with E-state index in [0.717, 1.165) is 25.9 Å². The van der Waals surface area contributed by atoms with Crippen LogP contribution >= 0.6 is 11.8 Å². The summed E-state index contributed by atoms with van der Waals surface area (Å²) in [7, 11) is 0. The molecule has 10 heavy (non-hydrogen) atoms. The van der Waals surface area contributed by atoms with Gasteiger partial charge in [0.2, 0.25) is 0 Å². The normalized spacial score (nSPS) is 26.7. The molecular formula is C7H15ClN2. The number of nitrogens with zero attached hydrogens (tertiary/aromatic N) is 1. The van der Waals surface area contributed by atoms with Crippen molar-refractivity contribution >= 4 is 11.8 Å². The van der Waals surface area contributed by atoms with Crippen molar-refractivity contribution < 1.29 is 0 Å². The third-order valence-electron chi connectivity index (χ3n) is 2.23. The van der Waals surface area contributed by atoms with Crippen LogP contribution in [0.3, 0.4) is 0 Å². The van der Waals surface area contributed by atoms with Crippen LogP contribution in [0.4, 0.5) is 0 Å². The fraction of sp³-hybridized carbons (Fsp3) is 1.00. The number of rotatable bonds is 1. The minimum absolute atomic E-state index is 0.338. The molecule has 1 atom stereocenters. The summed E-state index contributed by atoms with van der Waals surface area (Å²) >= 11 is 5.78. The van der Waals surface area contributed by atoms with E-state index in [-0.39, 0.29) is 0 Å². The maximum Gasteiger partial charge on any atom is 0.0142 e. The van der Waals surface area contributed by atoms with Gasteiger partial charge in [0.05, 0.1) is 0 Å². The Kier molecular flexibility index (Phi) is 2.96. The summed E-state index contributed by atoms with van der Waals surface area (Å²) in [6.45, 7) is 4.07. The lowest BCUT2D eigenvalue weighted by Crippen LogP contribution is -2.35. The summed E-state index contributed by atoms with van der Waals surface area (Å²) in [4.78, 5) is 0. The molecule has 0 spiro atoms. The predicted octanol–water partition coefficient (Wildman–Crippen LogP) is 1.20. The van der Waals surface area contributed by atoms with Crippen molar-refractivity contribution in [3.63, 3.8) is 0 Å². The van der Waals surface area contributed by atoms with Gasteiger partial charge in [0, 0.05) is 19.1 Å². The zero-order valence-electron chi connectivity index (χ0n) is 6.39. The highest BCUT2D eigenvalue weighted by atomic mass is 35.5. The molecule has 2 nitrogen and oxygen atoms in total. The Morgan fingerprint density at radius 3 is 2.40 bits per heavy atom. The van der Waals surface area contributed by atoms with Gasteiger partial charge >= 0.3 is 0 Å². The molecule has 0 amide bonds. The first-order valence-electron chi connectivity index (χ1n) is 3.86. The Labute approximate surface area is 67.4 Å². The first-order valence-corrected chi connectivity index (χ1v) is 4.20. The molecule has 0 radical (unpaired) electrons. The van der Waals surface area contributed by atoms with Gasteiger partial charge < -0.3 is 5.73 Å². The summed E-state index contributed by atoms with van der Waals surface area (Å²) in [6, 6.07) is 0.338. The van der Waals surface area contributed by atoms with Gasteiger partial charge in [-0.3, -0.25) is 0 Å². The second-order valence-electron chi connectivity index (χ2n) is 3.11. The first kappa shape index (κ1) is 8.31. The van der Waals surface area contributed by atoms with Crippen LogP contribution in [0.1, 0.15) is 19.8 Å². The van der Waals surface area contributed by atoms with E-state index in [4.69, 9.17) is 17.5 Å². The third-order valence-corrected chi connectivity index (χ3v) is 2.57. The van der Waals surface area contributed by atoms with Crippen LogP contribution in [0.5, 0.6) is 0 Å². The van der Waals surface area contributed by atoms with Crippen molar-refractivity contribution in [2.75, 3.05) is 13.1 Å². The molecule has 1 aliphatic heterocycles. The van der Waals surface area contributed by atoms with Crippen molar-refractivity contribution in [3.05, 3.63) is 0 Å². The highest BCUT2D eigenvalue weighted by Gasteiger charge is 2.20. The number of hydrogen-bond donors (Lipinski definition) is 1. The predicted molar refractivity (Wildman–Crippen MR) is 43.8 cm³/mol. The van der Waals surface area contributed by atoms with E-state index in [1.807, 2.05) is 4.42 Å². The average Bonchev–Trinajstić information content (AvgIpc) is 1.88. The standard InChI is InChI=1S/C7H15ClN2/c1-6(9)7-2-4-10(8)5-3-7/h6-7H,2-5,9H2,1H3. The average molecular weight is 163 g/mol. The third kappa shape index (κ3) is 2.11. The Morgan fingerprint density at radius 2 is 2.00 bits per heavy atom. The molecule has 0 saturated carbocycles. The van der Waals surface area contributed by atoms with E-state index in [1.54, 1.807) is 0 Å². The summed E-state index contributed by atoms with van der Waals surface area (Å²) in [5.74, 6) is 0.690. The maximum atomic E-state index is 5.78. The minimum Gasteiger partial charge on any atom is -0.328 e. The number of piperidine rings is 1. The van der Waals surface area contributed by atoms with Gasteiger partial charge in [-0.15, -0.1) is 0 Å². The van der Waals surface area contributed by atoms with E-state index in [1.165, 1.54) is 0 Å². The van der Waals surface area contributed by atoms with Gasteiger partial charge in [0.1, 0.15) is 0 Å². The largest absolute Gasteiger partial charge is 0.328 e. The molecule has 1 saturated heterocycles. The Balaban J connectivity index is 2.26. The molecule has 1 unspecified atom stereocenters. The molecule has 0 aliphatic carbocycles. The van der Waals surface area contributed by atoms with Crippen LogP contribution in [0.2, 0.25) is 0 Å². The van der Waals surface area contributed by atoms with Gasteiger partial charge in [-0.1, -0.05) is 0 Å². The van der Waals surface area contributed by atoms with E-state index >= 15 is 0 Å². The lowest BCUT2D eigenvalue weighted by molar-refractivity contribution is 0.258. The zero-order valence-corrected chi connectivity index (χ0v) is 7.14. The van der Waals surface area contributed by atoms with Crippen LogP contribution in [0.25, 0.3) is 0 Å². The molecule has 1 heterocycles. The SMILES string of the molecule is CC(N)C1CCN(Cl)CC1. The minimum atomic E-state index is 0.338. The number of halogens is 1. The van der Waals surface area contributed by atoms with Crippen molar-refractivity contribution in [1.29, 1.82) is 0 Å².